The highest BCUT2D eigenvalue weighted by Crippen LogP contribution is 2.33. The zero-order chi connectivity index (χ0) is 57.6. The minimum atomic E-state index is -0.0970. The van der Waals surface area contributed by atoms with Crippen molar-refractivity contribution in [2.45, 2.75) is 68.7 Å². The van der Waals surface area contributed by atoms with Gasteiger partial charge in [0.25, 0.3) is 0 Å². The topological polar surface area (TPSA) is 287 Å². The number of aromatic hydroxyl groups is 1. The number of hydrogen-bond donors (Lipinski definition) is 6. The van der Waals surface area contributed by atoms with Gasteiger partial charge in [-0.25, -0.2) is 4.79 Å². The molecule has 5 amide bonds. The number of nitrogens with one attached hydrogen (secondary N) is 5. The molecule has 0 radical (unpaired) electrons. The second-order valence-electron chi connectivity index (χ2n) is 18.4. The van der Waals surface area contributed by atoms with Gasteiger partial charge in [-0.15, -0.1) is 0 Å². The zero-order valence-corrected chi connectivity index (χ0v) is 48.7. The maximum absolute atomic E-state index is 12.1. The predicted molar refractivity (Wildman–Crippen MR) is 301 cm³/mol. The van der Waals surface area contributed by atoms with E-state index in [0.717, 1.165) is 30.6 Å². The van der Waals surface area contributed by atoms with E-state index < -0.39 is 0 Å². The Bertz CT molecular complexity index is 1690. The highest BCUT2D eigenvalue weighted by molar-refractivity contribution is 8.00. The van der Waals surface area contributed by atoms with Gasteiger partial charge in [0.2, 0.25) is 17.7 Å². The summed E-state index contributed by atoms with van der Waals surface area (Å²) >= 11 is 1.90. The van der Waals surface area contributed by atoms with Crippen molar-refractivity contribution in [1.82, 2.24) is 26.6 Å². The summed E-state index contributed by atoms with van der Waals surface area (Å²) in [5, 5.41) is 24.5. The Morgan fingerprint density at radius 1 is 0.444 bits per heavy atom. The van der Waals surface area contributed by atoms with Gasteiger partial charge < -0.3 is 103 Å². The largest absolute Gasteiger partial charge is 0.508 e. The number of phenols is 1. The number of carbonyl (C=O) groups excluding carboxylic acids is 4. The molecule has 2 aliphatic heterocycles. The summed E-state index contributed by atoms with van der Waals surface area (Å²) in [6.07, 6.45) is 5.19. The SMILES string of the molecule is O=C(CCCCC1SCC2NC(=O)NC21)NCCOCCOCCOCCOCCOCCOCCOCCOCCOCCOCCOCCOCCC(=O)NCCCOCCOCCOCCCNC(=O)Cc1cccc(O)c1. The predicted octanol–water partition coefficient (Wildman–Crippen LogP) is 1.43. The summed E-state index contributed by atoms with van der Waals surface area (Å²) < 4.78 is 82.7. The average molecular weight is 1180 g/mol. The summed E-state index contributed by atoms with van der Waals surface area (Å²) in [4.78, 5) is 47.6. The number of fused-ring (bicyclic) bond motifs is 1. The second kappa shape index (κ2) is 53.2. The quantitative estimate of drug-likeness (QED) is 0.0397. The highest BCUT2D eigenvalue weighted by Gasteiger charge is 2.42. The lowest BCUT2D eigenvalue weighted by Gasteiger charge is -2.16. The van der Waals surface area contributed by atoms with Gasteiger partial charge in [-0.1, -0.05) is 18.6 Å². The van der Waals surface area contributed by atoms with Gasteiger partial charge in [-0.3, -0.25) is 14.4 Å². The number of benzene rings is 1. The Kier molecular flexibility index (Phi) is 47.1. The lowest BCUT2D eigenvalue weighted by atomic mass is 10.0. The molecule has 0 saturated carbocycles. The molecule has 3 atom stereocenters. The molecule has 3 rings (SSSR count). The number of thioether (sulfide) groups is 1. The van der Waals surface area contributed by atoms with Crippen LogP contribution in [-0.2, 0) is 91.9 Å². The van der Waals surface area contributed by atoms with Crippen LogP contribution in [0.2, 0.25) is 0 Å². The minimum Gasteiger partial charge on any atom is -0.508 e. The molecule has 1 aromatic carbocycles. The van der Waals surface area contributed by atoms with E-state index in [0.29, 0.717) is 242 Å². The number of hydrogen-bond acceptors (Lipinski definition) is 21. The van der Waals surface area contributed by atoms with E-state index in [1.165, 1.54) is 0 Å². The molecule has 0 aliphatic carbocycles. The number of phenolic OH excluding ortho intramolecular Hbond substituents is 1. The summed E-state index contributed by atoms with van der Waals surface area (Å²) in [6, 6.07) is 7.04. The molecule has 1 aromatic rings. The summed E-state index contributed by atoms with van der Waals surface area (Å²) in [5.74, 6) is 0.963. The molecule has 0 bridgehead atoms. The van der Waals surface area contributed by atoms with Gasteiger partial charge in [-0.2, -0.15) is 11.8 Å². The van der Waals surface area contributed by atoms with Crippen LogP contribution in [0.1, 0.15) is 50.5 Å². The third kappa shape index (κ3) is 43.7. The Balaban J connectivity index is 0.866. The molecule has 81 heavy (non-hydrogen) atoms. The van der Waals surface area contributed by atoms with Crippen molar-refractivity contribution in [2.24, 2.45) is 0 Å². The molecule has 2 heterocycles. The van der Waals surface area contributed by atoms with Crippen LogP contribution in [0.5, 0.6) is 5.75 Å². The van der Waals surface area contributed by atoms with Gasteiger partial charge in [0.05, 0.1) is 203 Å². The van der Waals surface area contributed by atoms with Crippen LogP contribution in [0.3, 0.4) is 0 Å². The molecular formula is C55H97N5O20S. The Morgan fingerprint density at radius 2 is 0.827 bits per heavy atom. The normalized spacial score (nSPS) is 15.7. The fourth-order valence-corrected chi connectivity index (χ4v) is 9.20. The van der Waals surface area contributed by atoms with E-state index in [-0.39, 0.29) is 54.4 Å². The maximum Gasteiger partial charge on any atom is 0.315 e. The van der Waals surface area contributed by atoms with Gasteiger partial charge in [0.15, 0.2) is 0 Å². The highest BCUT2D eigenvalue weighted by atomic mass is 32.2. The third-order valence-electron chi connectivity index (χ3n) is 11.8. The van der Waals surface area contributed by atoms with Crippen LogP contribution < -0.4 is 26.6 Å². The van der Waals surface area contributed by atoms with E-state index in [9.17, 15) is 24.3 Å². The van der Waals surface area contributed by atoms with Crippen molar-refractivity contribution in [3.05, 3.63) is 29.8 Å². The first kappa shape index (κ1) is 71.7. The Morgan fingerprint density at radius 3 is 1.27 bits per heavy atom. The van der Waals surface area contributed by atoms with Crippen molar-refractivity contribution in [3.8, 4) is 5.75 Å². The first-order valence-corrected chi connectivity index (χ1v) is 29.9. The van der Waals surface area contributed by atoms with Crippen molar-refractivity contribution in [2.75, 3.05) is 224 Å². The fourth-order valence-electron chi connectivity index (χ4n) is 7.66. The van der Waals surface area contributed by atoms with Gasteiger partial charge in [-0.05, 0) is 43.4 Å². The second-order valence-corrected chi connectivity index (χ2v) is 19.7. The molecule has 468 valence electrons. The lowest BCUT2D eigenvalue weighted by Crippen LogP contribution is -2.36. The van der Waals surface area contributed by atoms with Crippen molar-refractivity contribution in [1.29, 1.82) is 0 Å². The third-order valence-corrected chi connectivity index (χ3v) is 13.3. The Hall–Kier alpha value is -3.55. The molecule has 26 heteroatoms. The molecule has 0 spiro atoms. The van der Waals surface area contributed by atoms with Crippen LogP contribution in [0.4, 0.5) is 4.79 Å². The smallest absolute Gasteiger partial charge is 0.315 e. The van der Waals surface area contributed by atoms with E-state index in [1.807, 2.05) is 11.8 Å². The first-order chi connectivity index (χ1) is 39.9. The monoisotopic (exact) mass is 1180 g/mol. The van der Waals surface area contributed by atoms with Gasteiger partial charge in [0, 0.05) is 56.7 Å². The standard InChI is InChI=1S/C55H97N5O20S/c61-48-7-3-6-47(44-48)45-53(64)57-12-5-15-67-19-23-70-22-18-66-14-4-11-56-52(63)10-16-68-20-24-71-26-28-73-30-32-75-34-36-77-38-40-79-42-43-80-41-39-78-37-35-76-33-31-74-29-27-72-25-21-69-17-13-58-51(62)9-2-1-8-50-54-49(46-81-50)59-55(65)60-54/h3,6-7,44,49-50,54,61H,1-2,4-5,8-43,45-46H2,(H,56,63)(H,57,64)(H,58,62)(H2,59,60,65). The van der Waals surface area contributed by atoms with Crippen LogP contribution >= 0.6 is 11.8 Å². The number of urea groups is 1. The summed E-state index contributed by atoms with van der Waals surface area (Å²) in [6.45, 7) is 15.2. The van der Waals surface area contributed by atoms with Crippen molar-refractivity contribution >= 4 is 35.5 Å². The summed E-state index contributed by atoms with van der Waals surface area (Å²) in [7, 11) is 0. The van der Waals surface area contributed by atoms with E-state index >= 15 is 0 Å². The Labute approximate surface area is 483 Å². The van der Waals surface area contributed by atoms with Crippen LogP contribution in [-0.4, -0.2) is 270 Å². The molecule has 25 nitrogen and oxygen atoms in total. The van der Waals surface area contributed by atoms with Crippen LogP contribution in [0.15, 0.2) is 24.3 Å². The molecule has 2 aliphatic rings. The molecular weight excluding hydrogens is 1080 g/mol. The number of rotatable bonds is 60. The van der Waals surface area contributed by atoms with Gasteiger partial charge in [0.1, 0.15) is 5.75 Å². The molecule has 2 fully saturated rings. The van der Waals surface area contributed by atoms with Crippen molar-refractivity contribution in [3.63, 3.8) is 0 Å². The number of carbonyl (C=O) groups is 4. The molecule has 2 saturated heterocycles. The van der Waals surface area contributed by atoms with E-state index in [1.54, 1.807) is 24.3 Å². The first-order valence-electron chi connectivity index (χ1n) is 28.8. The van der Waals surface area contributed by atoms with Crippen LogP contribution in [0.25, 0.3) is 0 Å². The lowest BCUT2D eigenvalue weighted by molar-refractivity contribution is -0.122. The fraction of sp³-hybridized carbons (Fsp3) is 0.818. The molecule has 0 aromatic heterocycles. The summed E-state index contributed by atoms with van der Waals surface area (Å²) in [5.41, 5.74) is 0.763. The van der Waals surface area contributed by atoms with Gasteiger partial charge >= 0.3 is 6.03 Å². The zero-order valence-electron chi connectivity index (χ0n) is 47.9. The number of unbranched alkanes of at least 4 members (excludes halogenated alkanes) is 1. The van der Waals surface area contributed by atoms with Crippen molar-refractivity contribution < 1.29 is 95.3 Å². The number of amides is 5. The number of ether oxygens (including phenoxy) is 15. The van der Waals surface area contributed by atoms with E-state index in [4.69, 9.17) is 71.1 Å². The van der Waals surface area contributed by atoms with Crippen LogP contribution in [0, 0.1) is 0 Å². The maximum atomic E-state index is 12.1. The average Bonchev–Trinajstić information content (AvgIpc) is 4.28. The molecule has 3 unspecified atom stereocenters. The minimum absolute atomic E-state index is 0.0354. The molecule has 6 N–H and O–H groups in total. The van der Waals surface area contributed by atoms with E-state index in [2.05, 4.69) is 26.6 Å².